The molecule has 2 aliphatic rings. The van der Waals surface area contributed by atoms with Gasteiger partial charge in [0, 0.05) is 24.1 Å². The number of carboxylic acids is 2. The van der Waals surface area contributed by atoms with Gasteiger partial charge < -0.3 is 26.6 Å². The van der Waals surface area contributed by atoms with Crippen LogP contribution in [0.3, 0.4) is 0 Å². The van der Waals surface area contributed by atoms with Crippen molar-refractivity contribution in [2.24, 2.45) is 10.7 Å². The number of primary amides is 1. The molecule has 0 spiro atoms. The lowest BCUT2D eigenvalue weighted by molar-refractivity contribution is -0.139. The quantitative estimate of drug-likeness (QED) is 0.200. The third kappa shape index (κ3) is 9.13. The number of fused-ring (bicyclic) bond motifs is 1. The lowest BCUT2D eigenvalue weighted by Gasteiger charge is -2.21. The van der Waals surface area contributed by atoms with Crippen LogP contribution in [0.1, 0.15) is 42.5 Å². The highest BCUT2D eigenvalue weighted by Crippen LogP contribution is 2.38. The Hall–Kier alpha value is -4.23. The molecular weight excluding hydrogens is 592 g/mol. The maximum Gasteiger partial charge on any atom is 0.303 e. The van der Waals surface area contributed by atoms with Crippen LogP contribution in [0, 0.1) is 0 Å². The van der Waals surface area contributed by atoms with Gasteiger partial charge in [-0.15, -0.1) is 11.3 Å². The summed E-state index contributed by atoms with van der Waals surface area (Å²) in [4.78, 5) is 66.1. The minimum Gasteiger partial charge on any atom is -0.481 e. The van der Waals surface area contributed by atoms with Crippen molar-refractivity contribution in [1.29, 1.82) is 0 Å². The van der Waals surface area contributed by atoms with E-state index in [1.807, 2.05) is 30.3 Å². The maximum absolute atomic E-state index is 12.8. The van der Waals surface area contributed by atoms with Gasteiger partial charge in [-0.25, -0.2) is 0 Å². The van der Waals surface area contributed by atoms with Gasteiger partial charge in [0.25, 0.3) is 0 Å². The lowest BCUT2D eigenvalue weighted by atomic mass is 10.0. The van der Waals surface area contributed by atoms with Gasteiger partial charge in [0.05, 0.1) is 16.2 Å². The van der Waals surface area contributed by atoms with Crippen LogP contribution in [0.4, 0.5) is 0 Å². The van der Waals surface area contributed by atoms with E-state index in [-0.39, 0.29) is 25.3 Å². The van der Waals surface area contributed by atoms with E-state index >= 15 is 0 Å². The standard InChI is InChI=1S/C30H32N4O7S2/c31-28(40)20(10-15-26(36)37)33-29(41)21(11-16-27(38)39)32-25(35)14-7-17-5-8-18(9-6-17)22-12-13-24(42-22)30-34-19-3-1-2-4-23(19)43-30/h1-6,8-9,12-13,19-21,23H,7,10-11,14-16H2,(H2,31,40)(H,32,35)(H,33,41)(H,36,37)(H,38,39)/t19?,20-,21-,23?/m0/s1. The average Bonchev–Trinajstić information content (AvgIpc) is 3.64. The molecule has 4 atom stereocenters. The van der Waals surface area contributed by atoms with E-state index < -0.39 is 54.6 Å². The number of allylic oxidation sites excluding steroid dienone is 2. The topological polar surface area (TPSA) is 188 Å². The number of carbonyl (C=O) groups is 5. The third-order valence-electron chi connectivity index (χ3n) is 6.87. The molecule has 2 aromatic rings. The molecule has 1 aromatic carbocycles. The highest BCUT2D eigenvalue weighted by atomic mass is 32.2. The minimum atomic E-state index is -1.27. The van der Waals surface area contributed by atoms with Crippen molar-refractivity contribution in [3.05, 3.63) is 71.1 Å². The number of nitrogens with zero attached hydrogens (tertiary/aromatic N) is 1. The van der Waals surface area contributed by atoms with Crippen LogP contribution in [0.5, 0.6) is 0 Å². The number of aliphatic carboxylic acids is 2. The highest BCUT2D eigenvalue weighted by molar-refractivity contribution is 8.15. The summed E-state index contributed by atoms with van der Waals surface area (Å²) in [5.74, 6) is -4.55. The van der Waals surface area contributed by atoms with Crippen molar-refractivity contribution < 1.29 is 34.2 Å². The minimum absolute atomic E-state index is 0.0416. The molecule has 0 bridgehead atoms. The molecular formula is C30H32N4O7S2. The zero-order valence-corrected chi connectivity index (χ0v) is 24.7. The molecule has 1 aromatic heterocycles. The molecule has 1 aliphatic carbocycles. The molecule has 0 fully saturated rings. The summed E-state index contributed by atoms with van der Waals surface area (Å²) in [6.45, 7) is 0. The molecule has 2 unspecified atom stereocenters. The Morgan fingerprint density at radius 2 is 1.49 bits per heavy atom. The van der Waals surface area contributed by atoms with Crippen molar-refractivity contribution in [3.8, 4) is 10.4 Å². The fourth-order valence-electron chi connectivity index (χ4n) is 4.55. The number of aryl methyl sites for hydroxylation is 1. The van der Waals surface area contributed by atoms with E-state index in [4.69, 9.17) is 20.9 Å². The van der Waals surface area contributed by atoms with Gasteiger partial charge in [-0.1, -0.05) is 60.3 Å². The zero-order chi connectivity index (χ0) is 30.9. The SMILES string of the molecule is NC(=O)[C@H](CCC(=O)O)NC(=O)[C@H](CCC(=O)O)NC(=O)CCc1ccc(-c2ccc(C3=NC4C=CC=CC4S3)s2)cc1. The number of amides is 3. The molecule has 0 saturated carbocycles. The van der Waals surface area contributed by atoms with Crippen LogP contribution in [-0.2, 0) is 30.4 Å². The molecule has 4 rings (SSSR count). The highest BCUT2D eigenvalue weighted by Gasteiger charge is 2.29. The van der Waals surface area contributed by atoms with Gasteiger partial charge in [-0.2, -0.15) is 0 Å². The van der Waals surface area contributed by atoms with Crippen LogP contribution in [0.15, 0.2) is 65.7 Å². The predicted molar refractivity (Wildman–Crippen MR) is 165 cm³/mol. The number of aliphatic imine (C=N–C) groups is 1. The first-order valence-electron chi connectivity index (χ1n) is 13.7. The monoisotopic (exact) mass is 624 g/mol. The molecule has 0 radical (unpaired) electrons. The van der Waals surface area contributed by atoms with Crippen LogP contribution in [0.2, 0.25) is 0 Å². The second-order valence-corrected chi connectivity index (χ2v) is 12.3. The lowest BCUT2D eigenvalue weighted by Crippen LogP contribution is -2.53. The number of nitrogens with one attached hydrogen (secondary N) is 2. The number of carboxylic acid groups (broad SMARTS) is 2. The summed E-state index contributed by atoms with van der Waals surface area (Å²) in [6, 6.07) is 9.69. The molecule has 1 aliphatic heterocycles. The first kappa shape index (κ1) is 31.7. The first-order chi connectivity index (χ1) is 20.6. The number of rotatable bonds is 15. The zero-order valence-electron chi connectivity index (χ0n) is 23.1. The summed E-state index contributed by atoms with van der Waals surface area (Å²) >= 11 is 3.45. The number of nitrogens with two attached hydrogens (primary N) is 1. The van der Waals surface area contributed by atoms with E-state index in [0.717, 1.165) is 25.9 Å². The van der Waals surface area contributed by atoms with Gasteiger partial charge in [0.2, 0.25) is 17.7 Å². The molecule has 0 saturated heterocycles. The van der Waals surface area contributed by atoms with Crippen LogP contribution in [-0.4, -0.2) is 68.3 Å². The summed E-state index contributed by atoms with van der Waals surface area (Å²) in [7, 11) is 0. The fourth-order valence-corrected chi connectivity index (χ4v) is 6.80. The van der Waals surface area contributed by atoms with Gasteiger partial charge in [-0.05, 0) is 42.5 Å². The van der Waals surface area contributed by atoms with Crippen LogP contribution >= 0.6 is 23.1 Å². The van der Waals surface area contributed by atoms with E-state index in [2.05, 4.69) is 41.0 Å². The number of thioether (sulfide) groups is 1. The molecule has 226 valence electrons. The van der Waals surface area contributed by atoms with Gasteiger partial charge >= 0.3 is 11.9 Å². The van der Waals surface area contributed by atoms with E-state index in [1.54, 1.807) is 23.1 Å². The fraction of sp³-hybridized carbons (Fsp3) is 0.333. The number of hydrogen-bond acceptors (Lipinski definition) is 8. The summed E-state index contributed by atoms with van der Waals surface area (Å²) in [5.41, 5.74) is 7.22. The normalized spacial score (nSPS) is 18.3. The van der Waals surface area contributed by atoms with Gasteiger partial charge in [-0.3, -0.25) is 29.0 Å². The van der Waals surface area contributed by atoms with Crippen LogP contribution in [0.25, 0.3) is 10.4 Å². The molecule has 6 N–H and O–H groups in total. The summed E-state index contributed by atoms with van der Waals surface area (Å²) in [5, 5.41) is 24.2. The van der Waals surface area contributed by atoms with Crippen molar-refractivity contribution in [2.75, 3.05) is 0 Å². The predicted octanol–water partition coefficient (Wildman–Crippen LogP) is 2.89. The van der Waals surface area contributed by atoms with E-state index in [1.165, 1.54) is 0 Å². The van der Waals surface area contributed by atoms with Crippen molar-refractivity contribution in [3.63, 3.8) is 0 Å². The Morgan fingerprint density at radius 1 is 0.837 bits per heavy atom. The van der Waals surface area contributed by atoms with Crippen molar-refractivity contribution in [1.82, 2.24) is 10.6 Å². The van der Waals surface area contributed by atoms with E-state index in [0.29, 0.717) is 11.7 Å². The number of benzene rings is 1. The van der Waals surface area contributed by atoms with Crippen molar-refractivity contribution in [2.45, 2.75) is 61.9 Å². The maximum atomic E-state index is 12.8. The Kier molecular flexibility index (Phi) is 10.9. The van der Waals surface area contributed by atoms with Gasteiger partial charge in [0.15, 0.2) is 0 Å². The Bertz CT molecular complexity index is 1460. The number of hydrogen-bond donors (Lipinski definition) is 5. The second kappa shape index (κ2) is 14.8. The summed E-state index contributed by atoms with van der Waals surface area (Å²) < 4.78 is 0. The smallest absolute Gasteiger partial charge is 0.303 e. The second-order valence-electron chi connectivity index (χ2n) is 10.1. The van der Waals surface area contributed by atoms with Crippen molar-refractivity contribution >= 4 is 57.8 Å². The van der Waals surface area contributed by atoms with Gasteiger partial charge in [0.1, 0.15) is 17.1 Å². The largest absolute Gasteiger partial charge is 0.481 e. The number of carbonyl (C=O) groups excluding carboxylic acids is 3. The Morgan fingerprint density at radius 3 is 2.14 bits per heavy atom. The number of thiophene rings is 1. The Labute approximate surface area is 256 Å². The average molecular weight is 625 g/mol. The molecule has 3 amide bonds. The summed E-state index contributed by atoms with van der Waals surface area (Å²) in [6.07, 6.45) is 7.55. The molecule has 13 heteroatoms. The molecule has 43 heavy (non-hydrogen) atoms. The Balaban J connectivity index is 1.31. The molecule has 2 heterocycles. The van der Waals surface area contributed by atoms with E-state index in [9.17, 15) is 24.0 Å². The van der Waals surface area contributed by atoms with Crippen LogP contribution < -0.4 is 16.4 Å². The molecule has 11 nitrogen and oxygen atoms in total. The third-order valence-corrected chi connectivity index (χ3v) is 9.40. The first-order valence-corrected chi connectivity index (χ1v) is 15.4.